The highest BCUT2D eigenvalue weighted by Gasteiger charge is 2.20. The highest BCUT2D eigenvalue weighted by Crippen LogP contribution is 2.33. The number of rotatable bonds is 10. The van der Waals surface area contributed by atoms with Gasteiger partial charge in [-0.3, -0.25) is 14.4 Å². The van der Waals surface area contributed by atoms with Crippen LogP contribution in [0.3, 0.4) is 0 Å². The predicted octanol–water partition coefficient (Wildman–Crippen LogP) is 7.55. The number of benzene rings is 3. The zero-order valence-corrected chi connectivity index (χ0v) is 22.4. The molecule has 0 aliphatic heterocycles. The molecule has 5 nitrogen and oxygen atoms in total. The van der Waals surface area contributed by atoms with E-state index in [9.17, 15) is 19.6 Å². The fraction of sp³-hybridized carbons (Fsp3) is 0.0769. The van der Waals surface area contributed by atoms with E-state index in [1.54, 1.807) is 72.8 Å². The van der Waals surface area contributed by atoms with Crippen molar-refractivity contribution in [3.05, 3.63) is 109 Å². The van der Waals surface area contributed by atoms with E-state index in [4.69, 9.17) is 34.8 Å². The van der Waals surface area contributed by atoms with Crippen molar-refractivity contribution in [2.24, 2.45) is 0 Å². The molecule has 0 heterocycles. The Labute approximate surface area is 231 Å². The SMILES string of the molecule is N#CC(C(=O)Nc1ccc(Cl)cc1)=C(SCC(=O)c1ccc(Cl)cc1)SCC(=O)c1ccc(Cl)cc1. The van der Waals surface area contributed by atoms with Gasteiger partial charge in [0.15, 0.2) is 11.6 Å². The van der Waals surface area contributed by atoms with Gasteiger partial charge in [-0.25, -0.2) is 0 Å². The van der Waals surface area contributed by atoms with Gasteiger partial charge < -0.3 is 5.32 Å². The minimum Gasteiger partial charge on any atom is -0.321 e. The summed E-state index contributed by atoms with van der Waals surface area (Å²) in [5.41, 5.74) is 1.13. The van der Waals surface area contributed by atoms with Gasteiger partial charge in [0.2, 0.25) is 0 Å². The molecule has 0 aliphatic carbocycles. The minimum absolute atomic E-state index is 0.0431. The number of nitriles is 1. The van der Waals surface area contributed by atoms with E-state index < -0.39 is 5.91 Å². The van der Waals surface area contributed by atoms with Gasteiger partial charge >= 0.3 is 0 Å². The summed E-state index contributed by atoms with van der Waals surface area (Å²) in [5.74, 6) is -1.17. The molecule has 1 N–H and O–H groups in total. The van der Waals surface area contributed by atoms with Crippen LogP contribution in [0.4, 0.5) is 5.69 Å². The van der Waals surface area contributed by atoms with Gasteiger partial charge in [0.25, 0.3) is 5.91 Å². The summed E-state index contributed by atoms with van der Waals surface area (Å²) in [6.07, 6.45) is 0. The molecule has 0 aliphatic rings. The van der Waals surface area contributed by atoms with Gasteiger partial charge in [-0.2, -0.15) is 5.26 Å². The molecule has 3 rings (SSSR count). The molecular formula is C26H17Cl3N2O3S2. The van der Waals surface area contributed by atoms with Gasteiger partial charge in [-0.05, 0) is 72.8 Å². The largest absolute Gasteiger partial charge is 0.321 e. The Morgan fingerprint density at radius 2 is 1.08 bits per heavy atom. The lowest BCUT2D eigenvalue weighted by Crippen LogP contribution is -2.15. The van der Waals surface area contributed by atoms with Crippen molar-refractivity contribution >= 4 is 81.5 Å². The average Bonchev–Trinajstić information content (AvgIpc) is 2.87. The van der Waals surface area contributed by atoms with E-state index in [1.807, 2.05) is 6.07 Å². The van der Waals surface area contributed by atoms with Crippen molar-refractivity contribution in [3.63, 3.8) is 0 Å². The number of halogens is 3. The van der Waals surface area contributed by atoms with Crippen LogP contribution in [0.1, 0.15) is 20.7 Å². The Kier molecular flexibility index (Phi) is 10.5. The van der Waals surface area contributed by atoms with Gasteiger partial charge in [0, 0.05) is 31.9 Å². The summed E-state index contributed by atoms with van der Waals surface area (Å²) in [7, 11) is 0. The van der Waals surface area contributed by atoms with Gasteiger partial charge in [-0.1, -0.05) is 34.8 Å². The quantitative estimate of drug-likeness (QED) is 0.153. The summed E-state index contributed by atoms with van der Waals surface area (Å²) in [4.78, 5) is 38.3. The molecule has 0 fully saturated rings. The summed E-state index contributed by atoms with van der Waals surface area (Å²) in [6.45, 7) is 0. The molecule has 0 bridgehead atoms. The zero-order chi connectivity index (χ0) is 26.1. The third kappa shape index (κ3) is 8.16. The number of ketones is 2. The lowest BCUT2D eigenvalue weighted by atomic mass is 10.1. The highest BCUT2D eigenvalue weighted by atomic mass is 35.5. The summed E-state index contributed by atoms with van der Waals surface area (Å²) < 4.78 is 0.258. The van der Waals surface area contributed by atoms with E-state index in [1.165, 1.54) is 0 Å². The topological polar surface area (TPSA) is 87.0 Å². The monoisotopic (exact) mass is 574 g/mol. The van der Waals surface area contributed by atoms with Crippen LogP contribution in [0.5, 0.6) is 0 Å². The number of nitrogens with one attached hydrogen (secondary N) is 1. The van der Waals surface area contributed by atoms with Gasteiger partial charge in [-0.15, -0.1) is 23.5 Å². The van der Waals surface area contributed by atoms with E-state index in [0.717, 1.165) is 23.5 Å². The summed E-state index contributed by atoms with van der Waals surface area (Å²) in [5, 5.41) is 13.9. The first-order valence-electron chi connectivity index (χ1n) is 10.3. The standard InChI is InChI=1S/C26H17Cl3N2O3S2/c27-18-5-1-16(2-6-18)23(32)14-35-26(36-15-24(33)17-3-7-19(28)8-4-17)22(13-30)25(34)31-21-11-9-20(29)10-12-21/h1-12H,14-15H2,(H,31,34). The molecule has 3 aromatic carbocycles. The molecule has 1 amide bonds. The van der Waals surface area contributed by atoms with Crippen molar-refractivity contribution in [1.82, 2.24) is 0 Å². The van der Waals surface area contributed by atoms with Crippen molar-refractivity contribution in [1.29, 1.82) is 5.26 Å². The predicted molar refractivity (Wildman–Crippen MR) is 149 cm³/mol. The number of hydrogen-bond donors (Lipinski definition) is 1. The molecule has 0 radical (unpaired) electrons. The lowest BCUT2D eigenvalue weighted by molar-refractivity contribution is -0.112. The molecule has 0 spiro atoms. The Morgan fingerprint density at radius 3 is 1.47 bits per heavy atom. The Bertz CT molecular complexity index is 1270. The van der Waals surface area contributed by atoms with E-state index in [-0.39, 0.29) is 32.9 Å². The van der Waals surface area contributed by atoms with E-state index >= 15 is 0 Å². The molecule has 10 heteroatoms. The number of hydrogen-bond acceptors (Lipinski definition) is 6. The van der Waals surface area contributed by atoms with E-state index in [0.29, 0.717) is 31.9 Å². The molecular weight excluding hydrogens is 559 g/mol. The third-order valence-electron chi connectivity index (χ3n) is 4.65. The Morgan fingerprint density at radius 1 is 0.694 bits per heavy atom. The number of carbonyl (C=O) groups excluding carboxylic acids is 3. The molecule has 0 atom stereocenters. The van der Waals surface area contributed by atoms with E-state index in [2.05, 4.69) is 5.32 Å². The van der Waals surface area contributed by atoms with Crippen LogP contribution in [0.15, 0.2) is 82.6 Å². The second-order valence-corrected chi connectivity index (χ2v) is 10.7. The second kappa shape index (κ2) is 13.5. The Hall–Kier alpha value is -2.73. The molecule has 0 aromatic heterocycles. The van der Waals surface area contributed by atoms with Crippen LogP contribution >= 0.6 is 58.3 Å². The van der Waals surface area contributed by atoms with Gasteiger partial charge in [0.05, 0.1) is 15.7 Å². The fourth-order valence-electron chi connectivity index (χ4n) is 2.80. The maximum Gasteiger partial charge on any atom is 0.268 e. The summed E-state index contributed by atoms with van der Waals surface area (Å²) in [6, 6.07) is 21.2. The number of thioether (sulfide) groups is 2. The maximum atomic E-state index is 12.9. The third-order valence-corrected chi connectivity index (χ3v) is 7.85. The number of anilines is 1. The van der Waals surface area contributed by atoms with Crippen molar-refractivity contribution in [2.45, 2.75) is 0 Å². The first-order valence-corrected chi connectivity index (χ1v) is 13.4. The first kappa shape index (κ1) is 27.9. The van der Waals surface area contributed by atoms with Crippen molar-refractivity contribution in [2.75, 3.05) is 16.8 Å². The smallest absolute Gasteiger partial charge is 0.268 e. The number of nitrogens with zero attached hydrogens (tertiary/aromatic N) is 1. The van der Waals surface area contributed by atoms with Crippen molar-refractivity contribution < 1.29 is 14.4 Å². The molecule has 0 saturated carbocycles. The Balaban J connectivity index is 1.81. The minimum atomic E-state index is -0.660. The molecule has 36 heavy (non-hydrogen) atoms. The highest BCUT2D eigenvalue weighted by molar-refractivity contribution is 8.22. The van der Waals surface area contributed by atoms with Crippen LogP contribution in [0.2, 0.25) is 15.1 Å². The fourth-order valence-corrected chi connectivity index (χ4v) is 5.29. The maximum absolute atomic E-state index is 12.9. The van der Waals surface area contributed by atoms with Crippen LogP contribution in [0, 0.1) is 11.3 Å². The number of amides is 1. The van der Waals surface area contributed by atoms with Crippen LogP contribution in [-0.2, 0) is 4.79 Å². The molecule has 0 unspecified atom stereocenters. The van der Waals surface area contributed by atoms with Crippen molar-refractivity contribution in [3.8, 4) is 6.07 Å². The van der Waals surface area contributed by atoms with Crippen LogP contribution in [-0.4, -0.2) is 29.0 Å². The molecule has 182 valence electrons. The zero-order valence-electron chi connectivity index (χ0n) is 18.5. The van der Waals surface area contributed by atoms with Gasteiger partial charge in [0.1, 0.15) is 11.6 Å². The first-order chi connectivity index (χ1) is 17.3. The molecule has 3 aromatic rings. The second-order valence-electron chi connectivity index (χ2n) is 7.17. The molecule has 0 saturated heterocycles. The van der Waals surface area contributed by atoms with Crippen LogP contribution in [0.25, 0.3) is 0 Å². The lowest BCUT2D eigenvalue weighted by Gasteiger charge is -2.11. The summed E-state index contributed by atoms with van der Waals surface area (Å²) >= 11 is 19.7. The average molecular weight is 576 g/mol. The number of carbonyl (C=O) groups is 3. The number of Topliss-reactive ketones (excluding diaryl/α,β-unsaturated/α-hetero) is 2. The normalized spacial score (nSPS) is 10.3. The van der Waals surface area contributed by atoms with Crippen LogP contribution < -0.4 is 5.32 Å².